The third kappa shape index (κ3) is 2.42. The molecule has 3 nitrogen and oxygen atoms in total. The summed E-state index contributed by atoms with van der Waals surface area (Å²) in [4.78, 5) is 4.10. The van der Waals surface area contributed by atoms with Crippen LogP contribution in [-0.2, 0) is 0 Å². The fraction of sp³-hybridized carbons (Fsp3) is 0.750. The molecule has 0 amide bonds. The first-order valence-electron chi connectivity index (χ1n) is 4.47. The second-order valence-electron chi connectivity index (χ2n) is 3.22. The third-order valence-corrected chi connectivity index (χ3v) is 4.39. The van der Waals surface area contributed by atoms with Gasteiger partial charge in [-0.2, -0.15) is 4.37 Å². The molecule has 1 aromatic heterocycles. The lowest BCUT2D eigenvalue weighted by Gasteiger charge is -2.25. The van der Waals surface area contributed by atoms with Crippen LogP contribution in [0.3, 0.4) is 0 Å². The van der Waals surface area contributed by atoms with Gasteiger partial charge in [0, 0.05) is 5.25 Å². The van der Waals surface area contributed by atoms with Crippen molar-refractivity contribution in [3.05, 3.63) is 6.33 Å². The fourth-order valence-electron chi connectivity index (χ4n) is 1.56. The minimum absolute atomic E-state index is 0.150. The second kappa shape index (κ2) is 4.39. The summed E-state index contributed by atoms with van der Waals surface area (Å²) in [6.07, 6.45) is 5.86. The van der Waals surface area contributed by atoms with Crippen LogP contribution in [0, 0.1) is 0 Å². The number of thioether (sulfide) groups is 1. The van der Waals surface area contributed by atoms with Crippen molar-refractivity contribution < 1.29 is 5.11 Å². The lowest BCUT2D eigenvalue weighted by molar-refractivity contribution is 0.137. The Balaban J connectivity index is 1.93. The molecule has 5 heteroatoms. The van der Waals surface area contributed by atoms with Crippen molar-refractivity contribution in [1.82, 2.24) is 9.36 Å². The smallest absolute Gasteiger partial charge is 0.170 e. The van der Waals surface area contributed by atoms with Gasteiger partial charge in [-0.3, -0.25) is 0 Å². The van der Waals surface area contributed by atoms with Crippen LogP contribution < -0.4 is 0 Å². The summed E-state index contributed by atoms with van der Waals surface area (Å²) in [7, 11) is 0. The molecule has 2 unspecified atom stereocenters. The van der Waals surface area contributed by atoms with Crippen LogP contribution in [0.1, 0.15) is 25.7 Å². The van der Waals surface area contributed by atoms with Gasteiger partial charge in [0.1, 0.15) is 6.33 Å². The second-order valence-corrected chi connectivity index (χ2v) is 5.48. The zero-order chi connectivity index (χ0) is 9.10. The zero-order valence-electron chi connectivity index (χ0n) is 7.22. The molecule has 0 spiro atoms. The summed E-state index contributed by atoms with van der Waals surface area (Å²) in [5, 5.41) is 10.0. The van der Waals surface area contributed by atoms with E-state index in [4.69, 9.17) is 0 Å². The Morgan fingerprint density at radius 2 is 2.31 bits per heavy atom. The number of rotatable bonds is 2. The molecule has 2 atom stereocenters. The number of aliphatic hydroxyl groups excluding tert-OH is 1. The van der Waals surface area contributed by atoms with E-state index in [1.165, 1.54) is 18.0 Å². The van der Waals surface area contributed by atoms with Gasteiger partial charge in [-0.1, -0.05) is 24.6 Å². The van der Waals surface area contributed by atoms with Gasteiger partial charge in [0.05, 0.1) is 6.10 Å². The van der Waals surface area contributed by atoms with Crippen LogP contribution in [0.15, 0.2) is 10.7 Å². The highest BCUT2D eigenvalue weighted by Crippen LogP contribution is 2.33. The minimum atomic E-state index is -0.150. The minimum Gasteiger partial charge on any atom is -0.392 e. The molecule has 0 aromatic carbocycles. The van der Waals surface area contributed by atoms with Crippen molar-refractivity contribution in [2.75, 3.05) is 0 Å². The quantitative estimate of drug-likeness (QED) is 0.820. The first kappa shape index (κ1) is 9.43. The van der Waals surface area contributed by atoms with Crippen molar-refractivity contribution in [1.29, 1.82) is 0 Å². The fourth-order valence-corrected chi connectivity index (χ4v) is 3.45. The van der Waals surface area contributed by atoms with Crippen molar-refractivity contribution in [3.8, 4) is 0 Å². The Bertz CT molecular complexity index is 253. The zero-order valence-corrected chi connectivity index (χ0v) is 8.85. The molecule has 0 radical (unpaired) electrons. The molecular formula is C8H12N2OS2. The monoisotopic (exact) mass is 216 g/mol. The standard InChI is InChI=1S/C8H12N2OS2/c11-6-3-1-2-4-7(6)12-8-9-5-10-13-8/h5-7,11H,1-4H2. The Morgan fingerprint density at radius 1 is 1.46 bits per heavy atom. The van der Waals surface area contributed by atoms with Gasteiger partial charge in [-0.25, -0.2) is 4.98 Å². The molecule has 0 bridgehead atoms. The highest BCUT2D eigenvalue weighted by atomic mass is 32.2. The summed E-state index contributed by atoms with van der Waals surface area (Å²) < 4.78 is 4.92. The summed E-state index contributed by atoms with van der Waals surface area (Å²) >= 11 is 3.08. The molecule has 13 heavy (non-hydrogen) atoms. The predicted octanol–water partition coefficient (Wildman–Crippen LogP) is 1.93. The number of hydrogen-bond donors (Lipinski definition) is 1. The highest BCUT2D eigenvalue weighted by Gasteiger charge is 2.24. The maximum absolute atomic E-state index is 9.70. The predicted molar refractivity (Wildman–Crippen MR) is 54.0 cm³/mol. The van der Waals surface area contributed by atoms with Crippen molar-refractivity contribution in [2.45, 2.75) is 41.4 Å². The topological polar surface area (TPSA) is 46.0 Å². The van der Waals surface area contributed by atoms with Gasteiger partial charge in [-0.15, -0.1) is 0 Å². The van der Waals surface area contributed by atoms with Gasteiger partial charge in [0.2, 0.25) is 0 Å². The van der Waals surface area contributed by atoms with Crippen LogP contribution in [0.25, 0.3) is 0 Å². The molecule has 1 heterocycles. The SMILES string of the molecule is OC1CCCCC1Sc1ncns1. The number of aromatic nitrogens is 2. The normalized spacial score (nSPS) is 29.0. The van der Waals surface area contributed by atoms with E-state index in [9.17, 15) is 5.11 Å². The maximum atomic E-state index is 9.70. The number of hydrogen-bond acceptors (Lipinski definition) is 5. The van der Waals surface area contributed by atoms with Gasteiger partial charge < -0.3 is 5.11 Å². The first-order chi connectivity index (χ1) is 6.36. The largest absolute Gasteiger partial charge is 0.392 e. The van der Waals surface area contributed by atoms with E-state index >= 15 is 0 Å². The number of nitrogens with zero attached hydrogens (tertiary/aromatic N) is 2. The summed E-state index contributed by atoms with van der Waals surface area (Å²) in [6, 6.07) is 0. The Morgan fingerprint density at radius 3 is 3.00 bits per heavy atom. The molecule has 1 aromatic rings. The van der Waals surface area contributed by atoms with E-state index in [1.807, 2.05) is 0 Å². The van der Waals surface area contributed by atoms with Crippen LogP contribution in [0.5, 0.6) is 0 Å². The van der Waals surface area contributed by atoms with Gasteiger partial charge in [0.25, 0.3) is 0 Å². The molecule has 1 saturated carbocycles. The van der Waals surface area contributed by atoms with E-state index in [0.717, 1.165) is 23.6 Å². The average Bonchev–Trinajstić information content (AvgIpc) is 2.61. The van der Waals surface area contributed by atoms with Crippen molar-refractivity contribution >= 4 is 23.3 Å². The molecule has 0 aliphatic heterocycles. The Labute approximate surface area is 85.8 Å². The molecule has 0 saturated heterocycles. The Hall–Kier alpha value is -0.130. The summed E-state index contributed by atoms with van der Waals surface area (Å²) in [5.74, 6) is 0. The van der Waals surface area contributed by atoms with E-state index in [2.05, 4.69) is 9.36 Å². The van der Waals surface area contributed by atoms with Crippen LogP contribution >= 0.6 is 23.3 Å². The van der Waals surface area contributed by atoms with Gasteiger partial charge >= 0.3 is 0 Å². The van der Waals surface area contributed by atoms with Gasteiger partial charge in [0.15, 0.2) is 4.34 Å². The molecule has 1 aliphatic rings. The van der Waals surface area contributed by atoms with Crippen LogP contribution in [-0.4, -0.2) is 25.8 Å². The van der Waals surface area contributed by atoms with Gasteiger partial charge in [-0.05, 0) is 24.4 Å². The molecular weight excluding hydrogens is 204 g/mol. The van der Waals surface area contributed by atoms with E-state index in [1.54, 1.807) is 18.1 Å². The van der Waals surface area contributed by atoms with Crippen LogP contribution in [0.2, 0.25) is 0 Å². The molecule has 1 aliphatic carbocycles. The van der Waals surface area contributed by atoms with Crippen molar-refractivity contribution in [2.24, 2.45) is 0 Å². The number of aliphatic hydroxyl groups is 1. The summed E-state index contributed by atoms with van der Waals surface area (Å²) in [5.41, 5.74) is 0. The van der Waals surface area contributed by atoms with Crippen molar-refractivity contribution in [3.63, 3.8) is 0 Å². The highest BCUT2D eigenvalue weighted by molar-refractivity contribution is 8.01. The van der Waals surface area contributed by atoms with E-state index in [-0.39, 0.29) is 6.10 Å². The first-order valence-corrected chi connectivity index (χ1v) is 6.13. The summed E-state index contributed by atoms with van der Waals surface area (Å²) in [6.45, 7) is 0. The maximum Gasteiger partial charge on any atom is 0.170 e. The third-order valence-electron chi connectivity index (χ3n) is 2.26. The lowest BCUT2D eigenvalue weighted by Crippen LogP contribution is -2.26. The molecule has 72 valence electrons. The lowest BCUT2D eigenvalue weighted by atomic mass is 9.97. The van der Waals surface area contributed by atoms with Crippen LogP contribution in [0.4, 0.5) is 0 Å². The molecule has 2 rings (SSSR count). The Kier molecular flexibility index (Phi) is 3.18. The molecule has 1 N–H and O–H groups in total. The molecule has 1 fully saturated rings. The van der Waals surface area contributed by atoms with E-state index < -0.39 is 0 Å². The van der Waals surface area contributed by atoms with E-state index in [0.29, 0.717) is 5.25 Å². The average molecular weight is 216 g/mol.